The lowest BCUT2D eigenvalue weighted by atomic mass is 10.5. The van der Waals surface area contributed by atoms with Crippen molar-refractivity contribution in [1.82, 2.24) is 10.2 Å². The molecule has 0 bridgehead atoms. The second-order valence-electron chi connectivity index (χ2n) is 1.81. The zero-order valence-electron chi connectivity index (χ0n) is 5.64. The molecule has 3 N–H and O–H groups in total. The highest BCUT2D eigenvalue weighted by Gasteiger charge is 2.17. The zero-order valence-corrected chi connectivity index (χ0v) is 5.64. The predicted octanol–water partition coefficient (Wildman–Crippen LogP) is 0.408. The topological polar surface area (TPSA) is 121 Å². The molecule has 1 amide bonds. The third-order valence-corrected chi connectivity index (χ3v) is 1.04. The van der Waals surface area contributed by atoms with Crippen LogP contribution in [0.2, 0.25) is 0 Å². The number of aromatic amines is 1. The average Bonchev–Trinajstić information content (AvgIpc) is 2.33. The third-order valence-electron chi connectivity index (χ3n) is 1.04. The molecular formula is C4H4N4O4. The first kappa shape index (κ1) is 7.98. The number of hydrogen-bond donors (Lipinski definition) is 3. The van der Waals surface area contributed by atoms with Gasteiger partial charge in [0.2, 0.25) is 5.82 Å². The van der Waals surface area contributed by atoms with Gasteiger partial charge < -0.3 is 5.11 Å². The van der Waals surface area contributed by atoms with Crippen molar-refractivity contribution in [2.75, 3.05) is 5.32 Å². The van der Waals surface area contributed by atoms with Gasteiger partial charge in [0.15, 0.2) is 0 Å². The minimum atomic E-state index is -1.40. The van der Waals surface area contributed by atoms with Gasteiger partial charge in [-0.3, -0.25) is 20.5 Å². The number of rotatable bonds is 2. The Labute approximate surface area is 65.4 Å². The molecule has 8 nitrogen and oxygen atoms in total. The maximum atomic E-state index is 10.2. The monoisotopic (exact) mass is 172 g/mol. The fraction of sp³-hybridized carbons (Fsp3) is 0. The molecule has 0 saturated heterocycles. The number of amides is 1. The molecule has 1 heterocycles. The van der Waals surface area contributed by atoms with Gasteiger partial charge >= 0.3 is 11.8 Å². The molecule has 12 heavy (non-hydrogen) atoms. The van der Waals surface area contributed by atoms with E-state index in [0.29, 0.717) is 0 Å². The molecular weight excluding hydrogens is 168 g/mol. The quantitative estimate of drug-likeness (QED) is 0.440. The Hall–Kier alpha value is -2.12. The van der Waals surface area contributed by atoms with E-state index in [-0.39, 0.29) is 5.82 Å². The minimum absolute atomic E-state index is 0.312. The molecule has 0 fully saturated rings. The van der Waals surface area contributed by atoms with E-state index < -0.39 is 16.7 Å². The maximum Gasteiger partial charge on any atom is 0.410 e. The normalized spacial score (nSPS) is 9.33. The SMILES string of the molecule is O=C(O)Nc1n[nH]cc1[N+](=O)[O-]. The van der Waals surface area contributed by atoms with Crippen LogP contribution in [0, 0.1) is 10.1 Å². The Morgan fingerprint density at radius 2 is 2.50 bits per heavy atom. The fourth-order valence-corrected chi connectivity index (χ4v) is 0.616. The summed E-state index contributed by atoms with van der Waals surface area (Å²) in [7, 11) is 0. The summed E-state index contributed by atoms with van der Waals surface area (Å²) in [5.41, 5.74) is -0.405. The summed E-state index contributed by atoms with van der Waals surface area (Å²) in [5.74, 6) is -0.312. The van der Waals surface area contributed by atoms with Gasteiger partial charge in [0.05, 0.1) is 4.92 Å². The van der Waals surface area contributed by atoms with Crippen molar-refractivity contribution in [3.63, 3.8) is 0 Å². The lowest BCUT2D eigenvalue weighted by Gasteiger charge is -1.92. The number of anilines is 1. The van der Waals surface area contributed by atoms with Gasteiger partial charge in [-0.1, -0.05) is 0 Å². The van der Waals surface area contributed by atoms with E-state index in [9.17, 15) is 14.9 Å². The van der Waals surface area contributed by atoms with Crippen LogP contribution in [0.1, 0.15) is 0 Å². The van der Waals surface area contributed by atoms with E-state index in [4.69, 9.17) is 5.11 Å². The van der Waals surface area contributed by atoms with Crippen molar-refractivity contribution >= 4 is 17.6 Å². The molecule has 0 aliphatic rings. The minimum Gasteiger partial charge on any atom is -0.465 e. The first-order valence-electron chi connectivity index (χ1n) is 2.79. The molecule has 1 aromatic heterocycles. The number of nitrogens with one attached hydrogen (secondary N) is 2. The molecule has 0 radical (unpaired) electrons. The third kappa shape index (κ3) is 1.48. The van der Waals surface area contributed by atoms with E-state index in [1.807, 2.05) is 0 Å². The lowest BCUT2D eigenvalue weighted by Crippen LogP contribution is -2.08. The van der Waals surface area contributed by atoms with Crippen LogP contribution in [-0.4, -0.2) is 26.3 Å². The summed E-state index contributed by atoms with van der Waals surface area (Å²) in [6.45, 7) is 0. The zero-order chi connectivity index (χ0) is 9.14. The van der Waals surface area contributed by atoms with Crippen molar-refractivity contribution in [3.05, 3.63) is 16.3 Å². The Balaban J connectivity index is 2.91. The molecule has 0 saturated carbocycles. The summed E-state index contributed by atoms with van der Waals surface area (Å²) in [6.07, 6.45) is -0.407. The van der Waals surface area contributed by atoms with Crippen molar-refractivity contribution in [3.8, 4) is 0 Å². The van der Waals surface area contributed by atoms with Crippen LogP contribution in [0.25, 0.3) is 0 Å². The van der Waals surface area contributed by atoms with E-state index in [1.54, 1.807) is 5.32 Å². The van der Waals surface area contributed by atoms with Crippen molar-refractivity contribution in [2.24, 2.45) is 0 Å². The van der Waals surface area contributed by atoms with Crippen LogP contribution in [-0.2, 0) is 0 Å². The molecule has 0 aliphatic heterocycles. The smallest absolute Gasteiger partial charge is 0.410 e. The maximum absolute atomic E-state index is 10.2. The van der Waals surface area contributed by atoms with Crippen molar-refractivity contribution < 1.29 is 14.8 Å². The highest BCUT2D eigenvalue weighted by Crippen LogP contribution is 2.19. The van der Waals surface area contributed by atoms with Gasteiger partial charge in [0, 0.05) is 0 Å². The van der Waals surface area contributed by atoms with Gasteiger partial charge in [-0.15, -0.1) is 5.10 Å². The van der Waals surface area contributed by atoms with Crippen LogP contribution < -0.4 is 5.32 Å². The molecule has 64 valence electrons. The number of H-pyrrole nitrogens is 1. The standard InChI is InChI=1S/C4H4N4O4/c9-4(10)6-3-2(8(11)12)1-5-7-3/h1H,(H,9,10)(H2,5,6,7). The average molecular weight is 172 g/mol. The number of aromatic nitrogens is 2. The summed E-state index contributed by atoms with van der Waals surface area (Å²) in [6, 6.07) is 0. The van der Waals surface area contributed by atoms with Crippen LogP contribution in [0.3, 0.4) is 0 Å². The van der Waals surface area contributed by atoms with Crippen molar-refractivity contribution in [1.29, 1.82) is 0 Å². The molecule has 0 spiro atoms. The summed E-state index contributed by atoms with van der Waals surface area (Å²) >= 11 is 0. The molecule has 0 atom stereocenters. The largest absolute Gasteiger partial charge is 0.465 e. The van der Waals surface area contributed by atoms with Gasteiger partial charge in [-0.05, 0) is 0 Å². The number of hydrogen-bond acceptors (Lipinski definition) is 4. The second-order valence-corrected chi connectivity index (χ2v) is 1.81. The van der Waals surface area contributed by atoms with Crippen LogP contribution >= 0.6 is 0 Å². The Morgan fingerprint density at radius 3 is 3.00 bits per heavy atom. The van der Waals surface area contributed by atoms with E-state index in [1.165, 1.54) is 0 Å². The first-order valence-corrected chi connectivity index (χ1v) is 2.79. The van der Waals surface area contributed by atoms with E-state index >= 15 is 0 Å². The number of carboxylic acid groups (broad SMARTS) is 1. The van der Waals surface area contributed by atoms with Crippen molar-refractivity contribution in [2.45, 2.75) is 0 Å². The van der Waals surface area contributed by atoms with E-state index in [2.05, 4.69) is 10.2 Å². The summed E-state index contributed by atoms with van der Waals surface area (Å²) in [4.78, 5) is 19.5. The van der Waals surface area contributed by atoms with Crippen LogP contribution in [0.4, 0.5) is 16.3 Å². The van der Waals surface area contributed by atoms with Crippen LogP contribution in [0.5, 0.6) is 0 Å². The predicted molar refractivity (Wildman–Crippen MR) is 36.9 cm³/mol. The molecule has 0 unspecified atom stereocenters. The van der Waals surface area contributed by atoms with Gasteiger partial charge in [-0.2, -0.15) is 0 Å². The fourth-order valence-electron chi connectivity index (χ4n) is 0.616. The molecule has 1 aromatic rings. The Kier molecular flexibility index (Phi) is 1.90. The summed E-state index contributed by atoms with van der Waals surface area (Å²) < 4.78 is 0. The van der Waals surface area contributed by atoms with Gasteiger partial charge in [0.25, 0.3) is 0 Å². The number of carbonyl (C=O) groups is 1. The first-order chi connectivity index (χ1) is 5.61. The van der Waals surface area contributed by atoms with Gasteiger partial charge in [-0.25, -0.2) is 4.79 Å². The highest BCUT2D eigenvalue weighted by atomic mass is 16.6. The molecule has 1 rings (SSSR count). The van der Waals surface area contributed by atoms with E-state index in [0.717, 1.165) is 6.20 Å². The molecule has 0 aliphatic carbocycles. The molecule has 0 aromatic carbocycles. The highest BCUT2D eigenvalue weighted by molar-refractivity contribution is 5.84. The molecule has 8 heteroatoms. The number of nitro groups is 1. The van der Waals surface area contributed by atoms with Crippen LogP contribution in [0.15, 0.2) is 6.20 Å². The summed E-state index contributed by atoms with van der Waals surface area (Å²) in [5, 5.41) is 25.6. The Morgan fingerprint density at radius 1 is 1.83 bits per heavy atom. The van der Waals surface area contributed by atoms with Gasteiger partial charge in [0.1, 0.15) is 6.20 Å². The Bertz CT molecular complexity index is 319. The lowest BCUT2D eigenvalue weighted by molar-refractivity contribution is -0.383. The second kappa shape index (κ2) is 2.86. The number of nitrogens with zero attached hydrogens (tertiary/aromatic N) is 2.